The number of nitro groups is 1. The Morgan fingerprint density at radius 3 is 2.53 bits per heavy atom. The number of carbonyl (C=O) groups excluding carboxylic acids is 1. The third-order valence-corrected chi connectivity index (χ3v) is 6.90. The molecule has 0 saturated carbocycles. The Morgan fingerprint density at radius 1 is 1.23 bits per heavy atom. The largest absolute Gasteiger partial charge is 0.496 e. The molecule has 1 aliphatic rings. The van der Waals surface area contributed by atoms with Crippen molar-refractivity contribution in [3.8, 4) is 5.75 Å². The Labute approximate surface area is 174 Å². The number of carbonyl (C=O) groups is 1. The summed E-state index contributed by atoms with van der Waals surface area (Å²) in [5, 5.41) is 13.8. The van der Waals surface area contributed by atoms with Crippen molar-refractivity contribution in [2.45, 2.75) is 24.7 Å². The van der Waals surface area contributed by atoms with Gasteiger partial charge >= 0.3 is 0 Å². The fourth-order valence-electron chi connectivity index (χ4n) is 3.38. The van der Waals surface area contributed by atoms with Crippen LogP contribution in [-0.2, 0) is 10.0 Å². The Hall–Kier alpha value is -2.98. The maximum Gasteiger partial charge on any atom is 0.296 e. The minimum atomic E-state index is -3.62. The van der Waals surface area contributed by atoms with E-state index in [1.165, 1.54) is 53.9 Å². The number of hydrogen-bond acceptors (Lipinski definition) is 6. The molecule has 10 heteroatoms. The molecule has 1 unspecified atom stereocenters. The predicted molar refractivity (Wildman–Crippen MR) is 111 cm³/mol. The summed E-state index contributed by atoms with van der Waals surface area (Å²) in [5.41, 5.74) is -0.100. The molecule has 0 spiro atoms. The second-order valence-electron chi connectivity index (χ2n) is 7.23. The van der Waals surface area contributed by atoms with Crippen LogP contribution in [0.15, 0.2) is 47.4 Å². The van der Waals surface area contributed by atoms with E-state index in [0.29, 0.717) is 24.8 Å². The molecule has 1 heterocycles. The number of ether oxygens (including phenoxy) is 1. The summed E-state index contributed by atoms with van der Waals surface area (Å²) in [7, 11) is -2.24. The molecule has 1 saturated heterocycles. The first-order chi connectivity index (χ1) is 14.2. The molecular formula is C20H23N3O6S. The van der Waals surface area contributed by atoms with Gasteiger partial charge in [-0.2, -0.15) is 4.31 Å². The maximum absolute atomic E-state index is 12.8. The molecule has 2 aromatic carbocycles. The van der Waals surface area contributed by atoms with E-state index < -0.39 is 20.9 Å². The summed E-state index contributed by atoms with van der Waals surface area (Å²) < 4.78 is 32.1. The van der Waals surface area contributed by atoms with E-state index in [1.54, 1.807) is 0 Å². The molecule has 0 bridgehead atoms. The van der Waals surface area contributed by atoms with Crippen LogP contribution in [0.5, 0.6) is 5.75 Å². The highest BCUT2D eigenvalue weighted by Crippen LogP contribution is 2.29. The van der Waals surface area contributed by atoms with Gasteiger partial charge in [-0.1, -0.05) is 6.92 Å². The maximum atomic E-state index is 12.8. The van der Waals surface area contributed by atoms with Crippen LogP contribution >= 0.6 is 0 Å². The van der Waals surface area contributed by atoms with Gasteiger partial charge < -0.3 is 10.1 Å². The smallest absolute Gasteiger partial charge is 0.296 e. The van der Waals surface area contributed by atoms with Gasteiger partial charge in [0.15, 0.2) is 0 Å². The standard InChI is InChI=1S/C20H23N3O6S/c1-14-4-3-11-22(13-14)30(27,28)17-8-5-15(6-9-17)20(24)21-18-10-7-16(29-2)12-19(18)23(25)26/h5-10,12,14H,3-4,11,13H2,1-2H3,(H,21,24). The number of piperidine rings is 1. The molecular weight excluding hydrogens is 410 g/mol. The topological polar surface area (TPSA) is 119 Å². The monoisotopic (exact) mass is 433 g/mol. The average Bonchev–Trinajstić information content (AvgIpc) is 2.74. The summed E-state index contributed by atoms with van der Waals surface area (Å²) in [6.07, 6.45) is 1.82. The lowest BCUT2D eigenvalue weighted by atomic mass is 10.0. The van der Waals surface area contributed by atoms with Crippen molar-refractivity contribution in [1.82, 2.24) is 4.31 Å². The van der Waals surface area contributed by atoms with Crippen molar-refractivity contribution in [2.24, 2.45) is 5.92 Å². The zero-order valence-electron chi connectivity index (χ0n) is 16.7. The number of amides is 1. The third kappa shape index (κ3) is 4.60. The number of nitrogens with zero attached hydrogens (tertiary/aromatic N) is 2. The van der Waals surface area contributed by atoms with Gasteiger partial charge in [-0.05, 0) is 55.2 Å². The number of methoxy groups -OCH3 is 1. The Bertz CT molecular complexity index is 1050. The quantitative estimate of drug-likeness (QED) is 0.552. The molecule has 9 nitrogen and oxygen atoms in total. The van der Waals surface area contributed by atoms with Crippen LogP contribution in [0.2, 0.25) is 0 Å². The molecule has 30 heavy (non-hydrogen) atoms. The van der Waals surface area contributed by atoms with E-state index in [1.807, 2.05) is 6.92 Å². The Morgan fingerprint density at radius 2 is 1.93 bits per heavy atom. The minimum absolute atomic E-state index is 0.0183. The van der Waals surface area contributed by atoms with Crippen molar-refractivity contribution < 1.29 is 22.9 Å². The number of rotatable bonds is 6. The van der Waals surface area contributed by atoms with Crippen molar-refractivity contribution in [3.63, 3.8) is 0 Å². The molecule has 1 fully saturated rings. The highest BCUT2D eigenvalue weighted by molar-refractivity contribution is 7.89. The molecule has 1 N–H and O–H groups in total. The fourth-order valence-corrected chi connectivity index (χ4v) is 4.98. The van der Waals surface area contributed by atoms with Gasteiger partial charge in [0.2, 0.25) is 10.0 Å². The first-order valence-corrected chi connectivity index (χ1v) is 10.9. The zero-order chi connectivity index (χ0) is 21.9. The van der Waals surface area contributed by atoms with Crippen LogP contribution < -0.4 is 10.1 Å². The summed E-state index contributed by atoms with van der Waals surface area (Å²) in [6, 6.07) is 9.64. The summed E-state index contributed by atoms with van der Waals surface area (Å²) >= 11 is 0. The number of anilines is 1. The van der Waals surface area contributed by atoms with Gasteiger partial charge in [0.25, 0.3) is 11.6 Å². The lowest BCUT2D eigenvalue weighted by molar-refractivity contribution is -0.384. The van der Waals surface area contributed by atoms with E-state index in [2.05, 4.69) is 5.32 Å². The van der Waals surface area contributed by atoms with Gasteiger partial charge in [0, 0.05) is 18.7 Å². The van der Waals surface area contributed by atoms with Crippen molar-refractivity contribution in [2.75, 3.05) is 25.5 Å². The SMILES string of the molecule is COc1ccc(NC(=O)c2ccc(S(=O)(=O)N3CCCC(C)C3)cc2)c([N+](=O)[O-])c1. The Balaban J connectivity index is 1.78. The molecule has 0 aromatic heterocycles. The van der Waals surface area contributed by atoms with E-state index in [9.17, 15) is 23.3 Å². The van der Waals surface area contributed by atoms with E-state index in [4.69, 9.17) is 4.74 Å². The minimum Gasteiger partial charge on any atom is -0.496 e. The molecule has 0 aliphatic carbocycles. The second kappa shape index (κ2) is 8.80. The van der Waals surface area contributed by atoms with Gasteiger partial charge in [-0.25, -0.2) is 8.42 Å². The molecule has 160 valence electrons. The summed E-state index contributed by atoms with van der Waals surface area (Å²) in [5.74, 6) is 0.0129. The molecule has 1 atom stereocenters. The van der Waals surface area contributed by atoms with Crippen LogP contribution in [-0.4, -0.2) is 43.8 Å². The lowest BCUT2D eigenvalue weighted by Gasteiger charge is -2.30. The van der Waals surface area contributed by atoms with Crippen LogP contribution in [0.25, 0.3) is 0 Å². The van der Waals surface area contributed by atoms with Crippen LogP contribution in [0.1, 0.15) is 30.1 Å². The molecule has 3 rings (SSSR count). The van der Waals surface area contributed by atoms with E-state index >= 15 is 0 Å². The van der Waals surface area contributed by atoms with Gasteiger partial charge in [0.1, 0.15) is 11.4 Å². The van der Waals surface area contributed by atoms with Crippen molar-refractivity contribution in [1.29, 1.82) is 0 Å². The first-order valence-electron chi connectivity index (χ1n) is 9.46. The molecule has 1 amide bonds. The van der Waals surface area contributed by atoms with Gasteiger partial charge in [-0.3, -0.25) is 14.9 Å². The van der Waals surface area contributed by atoms with Crippen LogP contribution in [0.3, 0.4) is 0 Å². The number of benzene rings is 2. The van der Waals surface area contributed by atoms with E-state index in [0.717, 1.165) is 12.8 Å². The number of nitrogens with one attached hydrogen (secondary N) is 1. The summed E-state index contributed by atoms with van der Waals surface area (Å²) in [6.45, 7) is 2.98. The Kier molecular flexibility index (Phi) is 6.37. The molecule has 2 aromatic rings. The fraction of sp³-hybridized carbons (Fsp3) is 0.350. The number of nitro benzene ring substituents is 1. The van der Waals surface area contributed by atoms with Gasteiger partial charge in [-0.15, -0.1) is 0 Å². The second-order valence-corrected chi connectivity index (χ2v) is 9.17. The number of sulfonamides is 1. The first kappa shape index (κ1) is 21.7. The molecule has 1 aliphatic heterocycles. The third-order valence-electron chi connectivity index (χ3n) is 5.02. The van der Waals surface area contributed by atoms with Crippen molar-refractivity contribution in [3.05, 3.63) is 58.1 Å². The average molecular weight is 433 g/mol. The normalized spacial score (nSPS) is 17.3. The summed E-state index contributed by atoms with van der Waals surface area (Å²) in [4.78, 5) is 23.3. The van der Waals surface area contributed by atoms with Crippen LogP contribution in [0, 0.1) is 16.0 Å². The van der Waals surface area contributed by atoms with Gasteiger partial charge in [0.05, 0.1) is 23.0 Å². The predicted octanol–water partition coefficient (Wildman–Crippen LogP) is 3.28. The lowest BCUT2D eigenvalue weighted by Crippen LogP contribution is -2.39. The molecule has 0 radical (unpaired) electrons. The highest BCUT2D eigenvalue weighted by atomic mass is 32.2. The van der Waals surface area contributed by atoms with Crippen molar-refractivity contribution >= 4 is 27.3 Å². The van der Waals surface area contributed by atoms with E-state index in [-0.39, 0.29) is 21.8 Å². The van der Waals surface area contributed by atoms with Crippen LogP contribution in [0.4, 0.5) is 11.4 Å². The zero-order valence-corrected chi connectivity index (χ0v) is 17.5. The number of hydrogen-bond donors (Lipinski definition) is 1. The highest BCUT2D eigenvalue weighted by Gasteiger charge is 2.28.